The highest BCUT2D eigenvalue weighted by Gasteiger charge is 2.41. The van der Waals surface area contributed by atoms with Crippen LogP contribution in [0.5, 0.6) is 0 Å². The molecule has 0 spiro atoms. The van der Waals surface area contributed by atoms with Crippen molar-refractivity contribution in [3.05, 3.63) is 0 Å². The van der Waals surface area contributed by atoms with E-state index in [0.29, 0.717) is 25.9 Å². The lowest BCUT2D eigenvalue weighted by molar-refractivity contribution is -0.132. The van der Waals surface area contributed by atoms with Gasteiger partial charge in [0, 0.05) is 32.6 Å². The first-order valence-corrected chi connectivity index (χ1v) is 6.14. The quantitative estimate of drug-likeness (QED) is 0.733. The number of likely N-dealkylation sites (tertiary alicyclic amines) is 1. The van der Waals surface area contributed by atoms with E-state index in [1.807, 2.05) is 13.8 Å². The minimum atomic E-state index is -0.432. The number of carbonyl (C=O) groups is 2. The molecule has 1 aliphatic heterocycles. The summed E-state index contributed by atoms with van der Waals surface area (Å²) >= 11 is 0. The highest BCUT2D eigenvalue weighted by molar-refractivity contribution is 5.84. The molecule has 5 heteroatoms. The SMILES string of the molecule is CNC(=O)C1(C)CCN(C(=O)CCC(C)N)C1. The van der Waals surface area contributed by atoms with Gasteiger partial charge >= 0.3 is 0 Å². The first kappa shape index (κ1) is 14.0. The smallest absolute Gasteiger partial charge is 0.227 e. The zero-order chi connectivity index (χ0) is 13.1. The number of hydrogen-bond acceptors (Lipinski definition) is 3. The Bertz CT molecular complexity index is 304. The number of hydrogen-bond donors (Lipinski definition) is 2. The molecule has 0 aliphatic carbocycles. The molecule has 0 radical (unpaired) electrons. The minimum absolute atomic E-state index is 0.0139. The van der Waals surface area contributed by atoms with Crippen molar-refractivity contribution in [1.29, 1.82) is 0 Å². The summed E-state index contributed by atoms with van der Waals surface area (Å²) in [5.41, 5.74) is 5.20. The van der Waals surface area contributed by atoms with E-state index in [1.165, 1.54) is 0 Å². The van der Waals surface area contributed by atoms with Gasteiger partial charge in [-0.05, 0) is 26.7 Å². The van der Waals surface area contributed by atoms with E-state index >= 15 is 0 Å². The standard InChI is InChI=1S/C12H23N3O2/c1-9(13)4-5-10(16)15-7-6-12(2,8-15)11(17)14-3/h9H,4-8,13H2,1-3H3,(H,14,17). The van der Waals surface area contributed by atoms with E-state index in [1.54, 1.807) is 11.9 Å². The van der Waals surface area contributed by atoms with Gasteiger partial charge in [0.1, 0.15) is 0 Å². The van der Waals surface area contributed by atoms with Crippen molar-refractivity contribution in [2.75, 3.05) is 20.1 Å². The molecule has 0 aromatic carbocycles. The van der Waals surface area contributed by atoms with Gasteiger partial charge in [0.25, 0.3) is 0 Å². The normalized spacial score (nSPS) is 25.8. The van der Waals surface area contributed by atoms with Crippen molar-refractivity contribution < 1.29 is 9.59 Å². The van der Waals surface area contributed by atoms with Gasteiger partial charge in [0.05, 0.1) is 5.41 Å². The second kappa shape index (κ2) is 5.49. The Hall–Kier alpha value is -1.10. The molecule has 1 rings (SSSR count). The molecule has 1 heterocycles. The zero-order valence-corrected chi connectivity index (χ0v) is 11.0. The molecule has 5 nitrogen and oxygen atoms in total. The van der Waals surface area contributed by atoms with E-state index in [-0.39, 0.29) is 17.9 Å². The van der Waals surface area contributed by atoms with Crippen LogP contribution in [0.1, 0.15) is 33.1 Å². The summed E-state index contributed by atoms with van der Waals surface area (Å²) in [4.78, 5) is 25.4. The van der Waals surface area contributed by atoms with Crippen molar-refractivity contribution in [2.24, 2.45) is 11.1 Å². The fourth-order valence-electron chi connectivity index (χ4n) is 2.17. The molecule has 3 N–H and O–H groups in total. The lowest BCUT2D eigenvalue weighted by Crippen LogP contribution is -2.40. The summed E-state index contributed by atoms with van der Waals surface area (Å²) in [6.07, 6.45) is 1.91. The third kappa shape index (κ3) is 3.43. The summed E-state index contributed by atoms with van der Waals surface area (Å²) < 4.78 is 0. The number of nitrogens with two attached hydrogens (primary N) is 1. The van der Waals surface area contributed by atoms with Gasteiger partial charge in [-0.2, -0.15) is 0 Å². The maximum absolute atomic E-state index is 11.9. The van der Waals surface area contributed by atoms with Gasteiger partial charge in [-0.15, -0.1) is 0 Å². The maximum atomic E-state index is 11.9. The van der Waals surface area contributed by atoms with Crippen LogP contribution < -0.4 is 11.1 Å². The average Bonchev–Trinajstić information content (AvgIpc) is 2.69. The number of rotatable bonds is 4. The number of carbonyl (C=O) groups excluding carboxylic acids is 2. The summed E-state index contributed by atoms with van der Waals surface area (Å²) in [6.45, 7) is 4.99. The molecular weight excluding hydrogens is 218 g/mol. The second-order valence-electron chi connectivity index (χ2n) is 5.22. The molecule has 2 amide bonds. The van der Waals surface area contributed by atoms with Crippen molar-refractivity contribution in [1.82, 2.24) is 10.2 Å². The van der Waals surface area contributed by atoms with Crippen LogP contribution >= 0.6 is 0 Å². The van der Waals surface area contributed by atoms with Crippen molar-refractivity contribution in [3.8, 4) is 0 Å². The lowest BCUT2D eigenvalue weighted by Gasteiger charge is -2.22. The molecule has 0 bridgehead atoms. The zero-order valence-electron chi connectivity index (χ0n) is 11.0. The van der Waals surface area contributed by atoms with Crippen LogP contribution in [0.3, 0.4) is 0 Å². The van der Waals surface area contributed by atoms with Crippen LogP contribution in [0.2, 0.25) is 0 Å². The van der Waals surface area contributed by atoms with Gasteiger partial charge in [-0.1, -0.05) is 0 Å². The molecular formula is C12H23N3O2. The van der Waals surface area contributed by atoms with Crippen LogP contribution in [-0.2, 0) is 9.59 Å². The fourth-order valence-corrected chi connectivity index (χ4v) is 2.17. The summed E-state index contributed by atoms with van der Waals surface area (Å²) in [5.74, 6) is 0.120. The number of nitrogens with one attached hydrogen (secondary N) is 1. The topological polar surface area (TPSA) is 75.4 Å². The monoisotopic (exact) mass is 241 g/mol. The molecule has 17 heavy (non-hydrogen) atoms. The Labute approximate surface area is 103 Å². The molecule has 0 aromatic heterocycles. The van der Waals surface area contributed by atoms with E-state index in [9.17, 15) is 9.59 Å². The fraction of sp³-hybridized carbons (Fsp3) is 0.833. The Morgan fingerprint density at radius 3 is 2.71 bits per heavy atom. The van der Waals surface area contributed by atoms with Crippen molar-refractivity contribution in [2.45, 2.75) is 39.2 Å². The Morgan fingerprint density at radius 1 is 1.53 bits per heavy atom. The predicted octanol–water partition coefficient (Wildman–Crippen LogP) is 0.0984. The summed E-state index contributed by atoms with van der Waals surface area (Å²) in [5, 5.41) is 2.66. The Morgan fingerprint density at radius 2 is 2.18 bits per heavy atom. The van der Waals surface area contributed by atoms with Gasteiger partial charge in [-0.3, -0.25) is 9.59 Å². The van der Waals surface area contributed by atoms with Gasteiger partial charge in [-0.25, -0.2) is 0 Å². The second-order valence-corrected chi connectivity index (χ2v) is 5.22. The van der Waals surface area contributed by atoms with Crippen LogP contribution in [0, 0.1) is 5.41 Å². The highest BCUT2D eigenvalue weighted by atomic mass is 16.2. The maximum Gasteiger partial charge on any atom is 0.227 e. The van der Waals surface area contributed by atoms with Crippen LogP contribution in [0.4, 0.5) is 0 Å². The van der Waals surface area contributed by atoms with Crippen LogP contribution in [0.15, 0.2) is 0 Å². The average molecular weight is 241 g/mol. The first-order valence-electron chi connectivity index (χ1n) is 6.14. The largest absolute Gasteiger partial charge is 0.359 e. The third-order valence-electron chi connectivity index (χ3n) is 3.41. The van der Waals surface area contributed by atoms with Gasteiger partial charge < -0.3 is 16.0 Å². The van der Waals surface area contributed by atoms with Crippen LogP contribution in [0.25, 0.3) is 0 Å². The van der Waals surface area contributed by atoms with E-state index < -0.39 is 5.41 Å². The molecule has 1 fully saturated rings. The summed E-state index contributed by atoms with van der Waals surface area (Å²) in [7, 11) is 1.63. The van der Waals surface area contributed by atoms with Gasteiger partial charge in [0.2, 0.25) is 11.8 Å². The minimum Gasteiger partial charge on any atom is -0.359 e. The third-order valence-corrected chi connectivity index (χ3v) is 3.41. The Balaban J connectivity index is 2.49. The van der Waals surface area contributed by atoms with Crippen molar-refractivity contribution in [3.63, 3.8) is 0 Å². The molecule has 2 atom stereocenters. The first-order chi connectivity index (χ1) is 7.89. The Kier molecular flexibility index (Phi) is 4.51. The molecule has 1 aliphatic rings. The van der Waals surface area contributed by atoms with Gasteiger partial charge in [0.15, 0.2) is 0 Å². The van der Waals surface area contributed by atoms with E-state index in [4.69, 9.17) is 5.73 Å². The number of amides is 2. The van der Waals surface area contributed by atoms with E-state index in [0.717, 1.165) is 6.42 Å². The van der Waals surface area contributed by atoms with Crippen molar-refractivity contribution >= 4 is 11.8 Å². The molecule has 2 unspecified atom stereocenters. The lowest BCUT2D eigenvalue weighted by atomic mass is 9.89. The van der Waals surface area contributed by atoms with Crippen LogP contribution in [-0.4, -0.2) is 42.9 Å². The predicted molar refractivity (Wildman–Crippen MR) is 66.3 cm³/mol. The highest BCUT2D eigenvalue weighted by Crippen LogP contribution is 2.30. The molecule has 0 aromatic rings. The molecule has 98 valence electrons. The molecule has 1 saturated heterocycles. The number of nitrogens with zero attached hydrogens (tertiary/aromatic N) is 1. The summed E-state index contributed by atoms with van der Waals surface area (Å²) in [6, 6.07) is 0.0480. The van der Waals surface area contributed by atoms with E-state index in [2.05, 4.69) is 5.32 Å². The molecule has 0 saturated carbocycles.